The van der Waals surface area contributed by atoms with Gasteiger partial charge in [0, 0.05) is 18.0 Å². The van der Waals surface area contributed by atoms with Crippen LogP contribution in [0.3, 0.4) is 0 Å². The average Bonchev–Trinajstić information content (AvgIpc) is 2.06. The summed E-state index contributed by atoms with van der Waals surface area (Å²) in [6, 6.07) is 0. The van der Waals surface area contributed by atoms with Crippen molar-refractivity contribution in [2.45, 2.75) is 26.4 Å². The highest BCUT2D eigenvalue weighted by molar-refractivity contribution is 5.13. The number of hydrogen-bond donors (Lipinski definition) is 1. The van der Waals surface area contributed by atoms with Crippen LogP contribution in [-0.4, -0.2) is 15.1 Å². The maximum absolute atomic E-state index is 9.98. The summed E-state index contributed by atoms with van der Waals surface area (Å²) in [4.78, 5) is 7.72. The van der Waals surface area contributed by atoms with E-state index in [0.717, 1.165) is 5.56 Å². The van der Waals surface area contributed by atoms with Gasteiger partial charge in [0.1, 0.15) is 6.33 Å². The zero-order valence-electron chi connectivity index (χ0n) is 7.65. The van der Waals surface area contributed by atoms with Crippen molar-refractivity contribution in [3.8, 4) is 0 Å². The van der Waals surface area contributed by atoms with Gasteiger partial charge in [-0.25, -0.2) is 9.97 Å². The van der Waals surface area contributed by atoms with E-state index in [-0.39, 0.29) is 5.92 Å². The Hall–Kier alpha value is -0.960. The maximum atomic E-state index is 9.98. The Labute approximate surface area is 72.5 Å². The van der Waals surface area contributed by atoms with Crippen molar-refractivity contribution in [1.29, 1.82) is 0 Å². The predicted molar refractivity (Wildman–Crippen MR) is 46.4 cm³/mol. The third-order valence-electron chi connectivity index (χ3n) is 2.27. The minimum absolute atomic E-state index is 0.156. The number of aliphatic hydroxyl groups is 1. The van der Waals surface area contributed by atoms with Crippen molar-refractivity contribution < 1.29 is 5.11 Å². The third kappa shape index (κ3) is 1.61. The van der Waals surface area contributed by atoms with E-state index in [4.69, 9.17) is 0 Å². The largest absolute Gasteiger partial charge is 0.385 e. The smallest absolute Gasteiger partial charge is 0.115 e. The molecule has 12 heavy (non-hydrogen) atoms. The Morgan fingerprint density at radius 1 is 1.33 bits per heavy atom. The fraction of sp³-hybridized carbons (Fsp3) is 0.556. The summed E-state index contributed by atoms with van der Waals surface area (Å²) in [6.45, 7) is 5.70. The van der Waals surface area contributed by atoms with Gasteiger partial charge in [0.25, 0.3) is 0 Å². The molecule has 3 nitrogen and oxygen atoms in total. The molecule has 0 aliphatic carbocycles. The first-order valence-electron chi connectivity index (χ1n) is 4.03. The number of aromatic nitrogens is 2. The van der Waals surface area contributed by atoms with Crippen LogP contribution in [0.5, 0.6) is 0 Å². The van der Waals surface area contributed by atoms with Gasteiger partial charge in [-0.3, -0.25) is 0 Å². The van der Waals surface area contributed by atoms with Crippen molar-refractivity contribution in [1.82, 2.24) is 9.97 Å². The summed E-state index contributed by atoms with van der Waals surface area (Å²) in [5.74, 6) is 0.156. The predicted octanol–water partition coefficient (Wildman–Crippen LogP) is 1.34. The first-order chi connectivity index (χ1) is 5.55. The Morgan fingerprint density at radius 3 is 2.25 bits per heavy atom. The molecule has 1 rings (SSSR count). The molecular weight excluding hydrogens is 152 g/mol. The van der Waals surface area contributed by atoms with Gasteiger partial charge in [0.05, 0.1) is 5.60 Å². The van der Waals surface area contributed by atoms with Gasteiger partial charge in [0.2, 0.25) is 0 Å². The van der Waals surface area contributed by atoms with E-state index in [0.29, 0.717) is 0 Å². The van der Waals surface area contributed by atoms with E-state index < -0.39 is 5.60 Å². The maximum Gasteiger partial charge on any atom is 0.115 e. The zero-order chi connectivity index (χ0) is 9.19. The van der Waals surface area contributed by atoms with E-state index in [1.807, 2.05) is 13.8 Å². The van der Waals surface area contributed by atoms with Gasteiger partial charge >= 0.3 is 0 Å². The Kier molecular flexibility index (Phi) is 2.43. The van der Waals surface area contributed by atoms with Gasteiger partial charge < -0.3 is 5.11 Å². The first kappa shape index (κ1) is 9.13. The second-order valence-corrected chi connectivity index (χ2v) is 3.43. The van der Waals surface area contributed by atoms with Crippen LogP contribution in [0.4, 0.5) is 0 Å². The quantitative estimate of drug-likeness (QED) is 0.721. The topological polar surface area (TPSA) is 46.0 Å². The van der Waals surface area contributed by atoms with Crippen LogP contribution in [0.15, 0.2) is 18.7 Å². The van der Waals surface area contributed by atoms with Crippen molar-refractivity contribution in [3.63, 3.8) is 0 Å². The summed E-state index contributed by atoms with van der Waals surface area (Å²) in [7, 11) is 0. The Balaban J connectivity index is 2.98. The van der Waals surface area contributed by atoms with Crippen LogP contribution in [0.25, 0.3) is 0 Å². The molecule has 1 unspecified atom stereocenters. The molecule has 0 aromatic carbocycles. The van der Waals surface area contributed by atoms with Crippen molar-refractivity contribution in [3.05, 3.63) is 24.3 Å². The van der Waals surface area contributed by atoms with Gasteiger partial charge in [-0.05, 0) is 12.8 Å². The highest BCUT2D eigenvalue weighted by Gasteiger charge is 2.27. The summed E-state index contributed by atoms with van der Waals surface area (Å²) in [5.41, 5.74) is -0.0682. The van der Waals surface area contributed by atoms with E-state index in [9.17, 15) is 5.11 Å². The zero-order valence-corrected chi connectivity index (χ0v) is 7.65. The standard InChI is InChI=1S/C9H14N2O/c1-7(2)9(3,12)8-4-10-6-11-5-8/h4-7,12H,1-3H3. The molecule has 66 valence electrons. The van der Waals surface area contributed by atoms with Crippen LogP contribution in [0.2, 0.25) is 0 Å². The molecule has 0 bridgehead atoms. The lowest BCUT2D eigenvalue weighted by atomic mass is 9.87. The molecule has 0 spiro atoms. The second-order valence-electron chi connectivity index (χ2n) is 3.43. The normalized spacial score (nSPS) is 16.1. The summed E-state index contributed by atoms with van der Waals surface area (Å²) in [6.07, 6.45) is 4.75. The lowest BCUT2D eigenvalue weighted by Crippen LogP contribution is -2.28. The van der Waals surface area contributed by atoms with Gasteiger partial charge in [-0.15, -0.1) is 0 Å². The van der Waals surface area contributed by atoms with E-state index >= 15 is 0 Å². The highest BCUT2D eigenvalue weighted by Crippen LogP contribution is 2.27. The summed E-state index contributed by atoms with van der Waals surface area (Å²) in [5, 5.41) is 9.98. The van der Waals surface area contributed by atoms with Gasteiger partial charge in [-0.2, -0.15) is 0 Å². The van der Waals surface area contributed by atoms with Crippen molar-refractivity contribution in [2.75, 3.05) is 0 Å². The summed E-state index contributed by atoms with van der Waals surface area (Å²) < 4.78 is 0. The SMILES string of the molecule is CC(C)C(C)(O)c1cncnc1. The van der Waals surface area contributed by atoms with Crippen LogP contribution in [0, 0.1) is 5.92 Å². The summed E-state index contributed by atoms with van der Waals surface area (Å²) >= 11 is 0. The lowest BCUT2D eigenvalue weighted by Gasteiger charge is -2.27. The molecule has 3 heteroatoms. The van der Waals surface area contributed by atoms with Crippen LogP contribution in [0.1, 0.15) is 26.3 Å². The Morgan fingerprint density at radius 2 is 1.83 bits per heavy atom. The molecule has 1 N–H and O–H groups in total. The first-order valence-corrected chi connectivity index (χ1v) is 4.03. The van der Waals surface area contributed by atoms with E-state index in [1.54, 1.807) is 19.3 Å². The fourth-order valence-corrected chi connectivity index (χ4v) is 0.894. The van der Waals surface area contributed by atoms with Crippen molar-refractivity contribution >= 4 is 0 Å². The molecule has 1 aromatic rings. The molecule has 0 radical (unpaired) electrons. The van der Waals surface area contributed by atoms with E-state index in [2.05, 4.69) is 9.97 Å². The average molecular weight is 166 g/mol. The minimum Gasteiger partial charge on any atom is -0.385 e. The highest BCUT2D eigenvalue weighted by atomic mass is 16.3. The molecule has 0 aliphatic rings. The molecule has 0 aliphatic heterocycles. The van der Waals surface area contributed by atoms with Crippen LogP contribution in [-0.2, 0) is 5.60 Å². The van der Waals surface area contributed by atoms with E-state index in [1.165, 1.54) is 6.33 Å². The molecule has 0 amide bonds. The molecule has 0 saturated heterocycles. The number of nitrogens with zero attached hydrogens (tertiary/aromatic N) is 2. The van der Waals surface area contributed by atoms with Crippen LogP contribution >= 0.6 is 0 Å². The van der Waals surface area contributed by atoms with Gasteiger partial charge in [0.15, 0.2) is 0 Å². The minimum atomic E-state index is -0.832. The third-order valence-corrected chi connectivity index (χ3v) is 2.27. The number of hydrogen-bond acceptors (Lipinski definition) is 3. The Bertz CT molecular complexity index is 244. The number of rotatable bonds is 2. The molecule has 0 saturated carbocycles. The fourth-order valence-electron chi connectivity index (χ4n) is 0.894. The molecule has 0 fully saturated rings. The van der Waals surface area contributed by atoms with Gasteiger partial charge in [-0.1, -0.05) is 13.8 Å². The molecular formula is C9H14N2O. The molecule has 1 aromatic heterocycles. The monoisotopic (exact) mass is 166 g/mol. The lowest BCUT2D eigenvalue weighted by molar-refractivity contribution is 0.00839. The molecule has 1 atom stereocenters. The second kappa shape index (κ2) is 3.19. The van der Waals surface area contributed by atoms with Crippen molar-refractivity contribution in [2.24, 2.45) is 5.92 Å². The van der Waals surface area contributed by atoms with Crippen LogP contribution < -0.4 is 0 Å². The molecule has 1 heterocycles.